The topological polar surface area (TPSA) is 67.8 Å². The summed E-state index contributed by atoms with van der Waals surface area (Å²) in [6, 6.07) is 6.32. The van der Waals surface area contributed by atoms with E-state index in [1.165, 1.54) is 10.6 Å². The lowest BCUT2D eigenvalue weighted by Gasteiger charge is -2.17. The number of aryl methyl sites for hydroxylation is 2. The van der Waals surface area contributed by atoms with Crippen LogP contribution in [0.2, 0.25) is 0 Å². The first kappa shape index (κ1) is 24.9. The normalized spacial score (nSPS) is 16.2. The molecule has 0 spiro atoms. The molecule has 8 heteroatoms. The third kappa shape index (κ3) is 7.70. The largest absolute Gasteiger partial charge is 0.491 e. The molecule has 1 aliphatic heterocycles. The summed E-state index contributed by atoms with van der Waals surface area (Å²) in [5.74, 6) is 1.69. The Morgan fingerprint density at radius 1 is 1.37 bits per heavy atom. The molecule has 1 fully saturated rings. The van der Waals surface area contributed by atoms with Gasteiger partial charge < -0.3 is 20.1 Å². The molecule has 0 bridgehead atoms. The standard InChI is InChI=1S/C22H32N4O2S.HI/c1-4-21-26-18(15-29-21)9-10-24-22(23-3)25-13-17-8-7-16(2)12-20(17)28-14-19-6-5-11-27-19;/h7-8,12,15,19H,4-6,9-11,13-14H2,1-3H3,(H2,23,24,25);1H. The van der Waals surface area contributed by atoms with Gasteiger partial charge in [-0.2, -0.15) is 0 Å². The third-order valence-electron chi connectivity index (χ3n) is 4.92. The van der Waals surface area contributed by atoms with Crippen LogP contribution in [0.5, 0.6) is 5.75 Å². The molecular formula is C22H33IN4O2S. The van der Waals surface area contributed by atoms with Gasteiger partial charge in [-0.05, 0) is 37.8 Å². The fraction of sp³-hybridized carbons (Fsp3) is 0.545. The van der Waals surface area contributed by atoms with Gasteiger partial charge in [-0.25, -0.2) is 4.98 Å². The highest BCUT2D eigenvalue weighted by atomic mass is 127. The number of guanidine groups is 1. The van der Waals surface area contributed by atoms with Gasteiger partial charge in [0, 0.05) is 44.1 Å². The maximum atomic E-state index is 6.09. The number of hydrogen-bond acceptors (Lipinski definition) is 5. The molecule has 1 aromatic heterocycles. The van der Waals surface area contributed by atoms with Crippen molar-refractivity contribution < 1.29 is 9.47 Å². The Hall–Kier alpha value is -1.39. The van der Waals surface area contributed by atoms with Gasteiger partial charge in [-0.1, -0.05) is 19.1 Å². The lowest BCUT2D eigenvalue weighted by molar-refractivity contribution is 0.0676. The Morgan fingerprint density at radius 3 is 2.93 bits per heavy atom. The number of aliphatic imine (C=N–C) groups is 1. The van der Waals surface area contributed by atoms with Gasteiger partial charge in [0.25, 0.3) is 0 Å². The van der Waals surface area contributed by atoms with E-state index in [0.29, 0.717) is 13.2 Å². The average Bonchev–Trinajstić information content (AvgIpc) is 3.41. The summed E-state index contributed by atoms with van der Waals surface area (Å²) in [6.07, 6.45) is 4.30. The van der Waals surface area contributed by atoms with Gasteiger partial charge in [0.2, 0.25) is 0 Å². The molecule has 30 heavy (non-hydrogen) atoms. The smallest absolute Gasteiger partial charge is 0.191 e. The lowest BCUT2D eigenvalue weighted by atomic mass is 10.1. The molecule has 2 aromatic rings. The molecule has 2 heterocycles. The molecule has 1 unspecified atom stereocenters. The molecule has 0 radical (unpaired) electrons. The van der Waals surface area contributed by atoms with E-state index in [2.05, 4.69) is 58.0 Å². The van der Waals surface area contributed by atoms with Gasteiger partial charge in [-0.3, -0.25) is 4.99 Å². The highest BCUT2D eigenvalue weighted by Crippen LogP contribution is 2.22. The number of ether oxygens (including phenoxy) is 2. The molecule has 1 aromatic carbocycles. The molecule has 0 saturated carbocycles. The molecule has 3 rings (SSSR count). The van der Waals surface area contributed by atoms with E-state index < -0.39 is 0 Å². The number of nitrogens with one attached hydrogen (secondary N) is 2. The summed E-state index contributed by atoms with van der Waals surface area (Å²) >= 11 is 1.73. The number of benzene rings is 1. The first-order chi connectivity index (χ1) is 14.2. The van der Waals surface area contributed by atoms with Crippen molar-refractivity contribution >= 4 is 41.3 Å². The fourth-order valence-electron chi connectivity index (χ4n) is 3.24. The molecule has 0 amide bonds. The monoisotopic (exact) mass is 544 g/mol. The van der Waals surface area contributed by atoms with Crippen LogP contribution in [-0.4, -0.2) is 43.9 Å². The van der Waals surface area contributed by atoms with Crippen LogP contribution in [0.3, 0.4) is 0 Å². The van der Waals surface area contributed by atoms with Crippen molar-refractivity contribution in [2.45, 2.75) is 52.2 Å². The van der Waals surface area contributed by atoms with Gasteiger partial charge in [-0.15, -0.1) is 35.3 Å². The van der Waals surface area contributed by atoms with Crippen molar-refractivity contribution in [2.24, 2.45) is 4.99 Å². The van der Waals surface area contributed by atoms with Gasteiger partial charge in [0.05, 0.1) is 16.8 Å². The van der Waals surface area contributed by atoms with E-state index in [0.717, 1.165) is 61.8 Å². The Morgan fingerprint density at radius 2 is 2.23 bits per heavy atom. The van der Waals surface area contributed by atoms with Crippen LogP contribution in [0.4, 0.5) is 0 Å². The zero-order valence-electron chi connectivity index (χ0n) is 18.1. The zero-order valence-corrected chi connectivity index (χ0v) is 21.2. The summed E-state index contributed by atoms with van der Waals surface area (Å²) in [5, 5.41) is 10.1. The number of nitrogens with zero attached hydrogens (tertiary/aromatic N) is 2. The van der Waals surface area contributed by atoms with Crippen LogP contribution in [0.1, 0.15) is 41.6 Å². The molecule has 2 N–H and O–H groups in total. The van der Waals surface area contributed by atoms with Crippen LogP contribution < -0.4 is 15.4 Å². The van der Waals surface area contributed by atoms with Gasteiger partial charge in [0.1, 0.15) is 12.4 Å². The van der Waals surface area contributed by atoms with Crippen LogP contribution in [0, 0.1) is 6.92 Å². The first-order valence-electron chi connectivity index (χ1n) is 10.4. The predicted octanol–water partition coefficient (Wildman–Crippen LogP) is 4.10. The molecule has 1 aliphatic rings. The number of rotatable bonds is 9. The van der Waals surface area contributed by atoms with Crippen molar-refractivity contribution in [3.8, 4) is 5.75 Å². The summed E-state index contributed by atoms with van der Waals surface area (Å²) in [4.78, 5) is 8.94. The summed E-state index contributed by atoms with van der Waals surface area (Å²) in [7, 11) is 1.79. The molecule has 1 atom stereocenters. The SMILES string of the molecule is CCc1nc(CCNC(=NC)NCc2ccc(C)cc2OCC2CCCO2)cs1.I. The first-order valence-corrected chi connectivity index (χ1v) is 11.3. The quantitative estimate of drug-likeness (QED) is 0.283. The van der Waals surface area contributed by atoms with Crippen molar-refractivity contribution in [3.05, 3.63) is 45.4 Å². The Labute approximate surface area is 200 Å². The lowest BCUT2D eigenvalue weighted by Crippen LogP contribution is -2.38. The minimum Gasteiger partial charge on any atom is -0.491 e. The Balaban J connectivity index is 0.00000320. The van der Waals surface area contributed by atoms with Crippen LogP contribution in [0.25, 0.3) is 0 Å². The van der Waals surface area contributed by atoms with E-state index in [9.17, 15) is 0 Å². The van der Waals surface area contributed by atoms with E-state index in [1.54, 1.807) is 18.4 Å². The second kappa shape index (κ2) is 13.1. The molecule has 1 saturated heterocycles. The molecule has 0 aliphatic carbocycles. The van der Waals surface area contributed by atoms with Crippen molar-refractivity contribution in [1.29, 1.82) is 0 Å². The van der Waals surface area contributed by atoms with E-state index in [4.69, 9.17) is 9.47 Å². The Bertz CT molecular complexity index is 806. The van der Waals surface area contributed by atoms with E-state index in [-0.39, 0.29) is 30.1 Å². The van der Waals surface area contributed by atoms with Crippen molar-refractivity contribution in [2.75, 3.05) is 26.8 Å². The minimum absolute atomic E-state index is 0. The van der Waals surface area contributed by atoms with Crippen molar-refractivity contribution in [1.82, 2.24) is 15.6 Å². The minimum atomic E-state index is 0. The number of aromatic nitrogens is 1. The highest BCUT2D eigenvalue weighted by molar-refractivity contribution is 14.0. The average molecular weight is 545 g/mol. The highest BCUT2D eigenvalue weighted by Gasteiger charge is 2.17. The van der Waals surface area contributed by atoms with Gasteiger partial charge in [0.15, 0.2) is 5.96 Å². The summed E-state index contributed by atoms with van der Waals surface area (Å²) in [6.45, 7) is 7.12. The maximum Gasteiger partial charge on any atom is 0.191 e. The van der Waals surface area contributed by atoms with E-state index in [1.807, 2.05) is 0 Å². The number of thiazole rings is 1. The summed E-state index contributed by atoms with van der Waals surface area (Å²) < 4.78 is 11.8. The van der Waals surface area contributed by atoms with Gasteiger partial charge >= 0.3 is 0 Å². The molecule has 6 nitrogen and oxygen atoms in total. The zero-order chi connectivity index (χ0) is 20.5. The summed E-state index contributed by atoms with van der Waals surface area (Å²) in [5.41, 5.74) is 3.44. The number of halogens is 1. The third-order valence-corrected chi connectivity index (χ3v) is 5.96. The fourth-order valence-corrected chi connectivity index (χ4v) is 4.01. The second-order valence-electron chi connectivity index (χ2n) is 7.25. The maximum absolute atomic E-state index is 6.09. The van der Waals surface area contributed by atoms with Crippen LogP contribution in [0.15, 0.2) is 28.6 Å². The van der Waals surface area contributed by atoms with Crippen LogP contribution in [-0.2, 0) is 24.1 Å². The molecular weight excluding hydrogens is 511 g/mol. The van der Waals surface area contributed by atoms with Crippen molar-refractivity contribution in [3.63, 3.8) is 0 Å². The van der Waals surface area contributed by atoms with E-state index >= 15 is 0 Å². The molecule has 166 valence electrons. The second-order valence-corrected chi connectivity index (χ2v) is 8.19. The number of hydrogen-bond donors (Lipinski definition) is 2. The Kier molecular flexibility index (Phi) is 10.9. The van der Waals surface area contributed by atoms with Crippen LogP contribution >= 0.6 is 35.3 Å². The predicted molar refractivity (Wildman–Crippen MR) is 134 cm³/mol.